The van der Waals surface area contributed by atoms with Gasteiger partial charge in [0.1, 0.15) is 0 Å². The molecule has 0 bridgehead atoms. The fraction of sp³-hybridized carbons (Fsp3) is 0.556. The molecule has 23 heavy (non-hydrogen) atoms. The highest BCUT2D eigenvalue weighted by atomic mass is 16.1. The zero-order valence-electron chi connectivity index (χ0n) is 14.1. The molecular weight excluding hydrogens is 288 g/mol. The van der Waals surface area contributed by atoms with Gasteiger partial charge in [-0.1, -0.05) is 18.6 Å². The van der Waals surface area contributed by atoms with Gasteiger partial charge in [-0.15, -0.1) is 0 Å². The van der Waals surface area contributed by atoms with E-state index in [1.54, 1.807) is 0 Å². The highest BCUT2D eigenvalue weighted by molar-refractivity contribution is 6.04. The molecule has 0 atom stereocenters. The third-order valence-corrected chi connectivity index (χ3v) is 4.75. The normalized spacial score (nSPS) is 16.8. The number of hydrogen-bond donors (Lipinski definition) is 2. The first-order chi connectivity index (χ1) is 11.1. The lowest BCUT2D eigenvalue weighted by Gasteiger charge is -2.30. The third-order valence-electron chi connectivity index (χ3n) is 4.75. The van der Waals surface area contributed by atoms with E-state index in [-0.39, 0.29) is 5.91 Å². The zero-order chi connectivity index (χ0) is 16.2. The molecule has 5 nitrogen and oxygen atoms in total. The monoisotopic (exact) mass is 314 g/mol. The van der Waals surface area contributed by atoms with Crippen molar-refractivity contribution >= 4 is 16.8 Å². The van der Waals surface area contributed by atoms with E-state index in [2.05, 4.69) is 27.3 Å². The molecule has 0 radical (unpaired) electrons. The molecule has 2 N–H and O–H groups in total. The lowest BCUT2D eigenvalue weighted by atomic mass is 9.99. The summed E-state index contributed by atoms with van der Waals surface area (Å²) in [6.45, 7) is 8.50. The van der Waals surface area contributed by atoms with Gasteiger partial charge in [0.25, 0.3) is 5.91 Å². The summed E-state index contributed by atoms with van der Waals surface area (Å²) in [5.74, 6) is 0.775. The van der Waals surface area contributed by atoms with Crippen LogP contribution in [0.4, 0.5) is 0 Å². The molecule has 3 rings (SSSR count). The van der Waals surface area contributed by atoms with E-state index in [0.29, 0.717) is 12.2 Å². The van der Waals surface area contributed by atoms with Crippen molar-refractivity contribution in [2.24, 2.45) is 5.92 Å². The van der Waals surface area contributed by atoms with Crippen molar-refractivity contribution in [1.29, 1.82) is 0 Å². The van der Waals surface area contributed by atoms with Crippen LogP contribution in [-0.4, -0.2) is 47.2 Å². The van der Waals surface area contributed by atoms with Crippen molar-refractivity contribution < 1.29 is 4.79 Å². The maximum Gasteiger partial charge on any atom is 0.272 e. The molecule has 5 heteroatoms. The smallest absolute Gasteiger partial charge is 0.272 e. The Morgan fingerprint density at radius 3 is 2.96 bits per heavy atom. The topological polar surface area (TPSA) is 61.0 Å². The number of amides is 1. The van der Waals surface area contributed by atoms with E-state index < -0.39 is 0 Å². The second kappa shape index (κ2) is 7.13. The summed E-state index contributed by atoms with van der Waals surface area (Å²) in [7, 11) is 0. The van der Waals surface area contributed by atoms with E-state index in [0.717, 1.165) is 35.3 Å². The van der Waals surface area contributed by atoms with Gasteiger partial charge in [-0.3, -0.25) is 9.89 Å². The number of H-pyrrole nitrogens is 1. The maximum absolute atomic E-state index is 12.3. The molecule has 1 aromatic heterocycles. The highest BCUT2D eigenvalue weighted by Crippen LogP contribution is 2.17. The van der Waals surface area contributed by atoms with Crippen molar-refractivity contribution in [1.82, 2.24) is 20.4 Å². The molecule has 1 amide bonds. The molecule has 1 saturated heterocycles. The van der Waals surface area contributed by atoms with Crippen molar-refractivity contribution in [3.8, 4) is 0 Å². The first-order valence-corrected chi connectivity index (χ1v) is 8.59. The molecule has 1 aliphatic heterocycles. The number of likely N-dealkylation sites (tertiary alicyclic amines) is 1. The first kappa shape index (κ1) is 16.0. The largest absolute Gasteiger partial charge is 0.351 e. The summed E-state index contributed by atoms with van der Waals surface area (Å²) in [6.07, 6.45) is 3.58. The number of hydrogen-bond acceptors (Lipinski definition) is 3. The molecule has 1 fully saturated rings. The molecule has 0 aliphatic carbocycles. The number of aryl methyl sites for hydroxylation is 1. The van der Waals surface area contributed by atoms with Crippen LogP contribution in [0.25, 0.3) is 10.9 Å². The van der Waals surface area contributed by atoms with Crippen molar-refractivity contribution in [2.75, 3.05) is 26.2 Å². The van der Waals surface area contributed by atoms with Crippen molar-refractivity contribution in [3.05, 3.63) is 29.5 Å². The maximum atomic E-state index is 12.3. The van der Waals surface area contributed by atoms with Gasteiger partial charge in [-0.05, 0) is 63.9 Å². The number of nitrogens with one attached hydrogen (secondary N) is 2. The van der Waals surface area contributed by atoms with E-state index in [4.69, 9.17) is 0 Å². The summed E-state index contributed by atoms with van der Waals surface area (Å²) in [4.78, 5) is 14.8. The van der Waals surface area contributed by atoms with Gasteiger partial charge >= 0.3 is 0 Å². The van der Waals surface area contributed by atoms with Crippen LogP contribution >= 0.6 is 0 Å². The average Bonchev–Trinajstić information content (AvgIpc) is 2.96. The standard InChI is InChI=1S/C18H26N4O/c1-13-6-10-22(11-7-13)9-3-8-19-18(23)17-15-12-14(2)4-5-16(15)20-21-17/h4-5,12-13H,3,6-11H2,1-2H3,(H,19,23)(H,20,21). The summed E-state index contributed by atoms with van der Waals surface area (Å²) < 4.78 is 0. The van der Waals surface area contributed by atoms with Crippen LogP contribution in [0.15, 0.2) is 18.2 Å². The SMILES string of the molecule is Cc1ccc2[nH]nc(C(=O)NCCCN3CCC(C)CC3)c2c1. The number of carbonyl (C=O) groups excluding carboxylic acids is 1. The number of rotatable bonds is 5. The molecule has 0 saturated carbocycles. The Balaban J connectivity index is 1.48. The number of aromatic amines is 1. The van der Waals surface area contributed by atoms with Gasteiger partial charge in [0.2, 0.25) is 0 Å². The number of nitrogens with zero attached hydrogens (tertiary/aromatic N) is 2. The second-order valence-electron chi connectivity index (χ2n) is 6.75. The van der Waals surface area contributed by atoms with Crippen LogP contribution in [0.1, 0.15) is 42.2 Å². The average molecular weight is 314 g/mol. The summed E-state index contributed by atoms with van der Waals surface area (Å²) in [6, 6.07) is 5.98. The van der Waals surface area contributed by atoms with Crippen molar-refractivity contribution in [3.63, 3.8) is 0 Å². The molecule has 124 valence electrons. The van der Waals surface area contributed by atoms with Gasteiger partial charge in [-0.2, -0.15) is 5.10 Å². The third kappa shape index (κ3) is 3.91. The zero-order valence-corrected chi connectivity index (χ0v) is 14.1. The van der Waals surface area contributed by atoms with Crippen LogP contribution in [0.5, 0.6) is 0 Å². The molecule has 0 spiro atoms. The molecule has 1 aromatic carbocycles. The highest BCUT2D eigenvalue weighted by Gasteiger charge is 2.16. The fourth-order valence-corrected chi connectivity index (χ4v) is 3.17. The van der Waals surface area contributed by atoms with Crippen LogP contribution in [0.3, 0.4) is 0 Å². The van der Waals surface area contributed by atoms with Gasteiger partial charge < -0.3 is 10.2 Å². The van der Waals surface area contributed by atoms with Gasteiger partial charge in [0.05, 0.1) is 5.52 Å². The lowest BCUT2D eigenvalue weighted by Crippen LogP contribution is -2.35. The van der Waals surface area contributed by atoms with Gasteiger partial charge in [-0.25, -0.2) is 0 Å². The second-order valence-corrected chi connectivity index (χ2v) is 6.75. The van der Waals surface area contributed by atoms with E-state index in [1.165, 1.54) is 25.9 Å². The Hall–Kier alpha value is -1.88. The minimum absolute atomic E-state index is 0.0888. The van der Waals surface area contributed by atoms with Crippen LogP contribution in [0.2, 0.25) is 0 Å². The van der Waals surface area contributed by atoms with Gasteiger partial charge in [0, 0.05) is 11.9 Å². The molecule has 2 heterocycles. The Labute approximate surface area is 137 Å². The van der Waals surface area contributed by atoms with E-state index in [1.807, 2.05) is 25.1 Å². The number of carbonyl (C=O) groups is 1. The molecule has 2 aromatic rings. The Morgan fingerprint density at radius 2 is 2.17 bits per heavy atom. The minimum Gasteiger partial charge on any atom is -0.351 e. The summed E-state index contributed by atoms with van der Waals surface area (Å²) in [5, 5.41) is 11.0. The minimum atomic E-state index is -0.0888. The van der Waals surface area contributed by atoms with Crippen LogP contribution in [-0.2, 0) is 0 Å². The Bertz CT molecular complexity index is 671. The Kier molecular flexibility index (Phi) is 4.96. The number of aromatic nitrogens is 2. The molecule has 1 aliphatic rings. The van der Waals surface area contributed by atoms with E-state index in [9.17, 15) is 4.79 Å². The lowest BCUT2D eigenvalue weighted by molar-refractivity contribution is 0.0947. The summed E-state index contributed by atoms with van der Waals surface area (Å²) in [5.41, 5.74) is 2.53. The number of benzene rings is 1. The van der Waals surface area contributed by atoms with Gasteiger partial charge in [0.15, 0.2) is 5.69 Å². The van der Waals surface area contributed by atoms with Crippen LogP contribution < -0.4 is 5.32 Å². The fourth-order valence-electron chi connectivity index (χ4n) is 3.17. The predicted octanol–water partition coefficient (Wildman–Crippen LogP) is 2.72. The number of piperidine rings is 1. The molecule has 0 unspecified atom stereocenters. The first-order valence-electron chi connectivity index (χ1n) is 8.59. The quantitative estimate of drug-likeness (QED) is 0.834. The summed E-state index contributed by atoms with van der Waals surface area (Å²) >= 11 is 0. The van der Waals surface area contributed by atoms with E-state index >= 15 is 0 Å². The van der Waals surface area contributed by atoms with Crippen molar-refractivity contribution in [2.45, 2.75) is 33.1 Å². The predicted molar refractivity (Wildman–Crippen MR) is 92.6 cm³/mol. The Morgan fingerprint density at radius 1 is 1.39 bits per heavy atom. The van der Waals surface area contributed by atoms with Crippen LogP contribution in [0, 0.1) is 12.8 Å². The number of fused-ring (bicyclic) bond motifs is 1. The molecular formula is C18H26N4O.